The van der Waals surface area contributed by atoms with Crippen molar-refractivity contribution in [3.63, 3.8) is 0 Å². The monoisotopic (exact) mass is 370 g/mol. The number of benzene rings is 1. The lowest BCUT2D eigenvalue weighted by atomic mass is 10.1. The van der Waals surface area contributed by atoms with Crippen molar-refractivity contribution in [1.29, 1.82) is 0 Å². The molecule has 0 aliphatic carbocycles. The molecule has 0 atom stereocenters. The maximum absolute atomic E-state index is 12.8. The highest BCUT2D eigenvalue weighted by Crippen LogP contribution is 2.36. The van der Waals surface area contributed by atoms with Crippen LogP contribution in [0, 0.1) is 0 Å². The van der Waals surface area contributed by atoms with E-state index in [9.17, 15) is 9.59 Å². The van der Waals surface area contributed by atoms with E-state index in [1.54, 1.807) is 25.3 Å². The maximum atomic E-state index is 12.8. The minimum Gasteiger partial charge on any atom is -0.497 e. The third-order valence-corrected chi connectivity index (χ3v) is 4.80. The second kappa shape index (κ2) is 7.45. The first-order valence-corrected chi connectivity index (χ1v) is 8.73. The number of imide groups is 1. The molecule has 2 heterocycles. The van der Waals surface area contributed by atoms with Crippen LogP contribution in [0.4, 0.5) is 5.69 Å². The SMILES string of the molecule is C=CCN1C(=O)C(Nc2cc(OC)ccc2OC)=C(c2cccs2)C1=O. The highest BCUT2D eigenvalue weighted by molar-refractivity contribution is 7.11. The lowest BCUT2D eigenvalue weighted by Gasteiger charge is -2.14. The molecule has 0 fully saturated rings. The molecule has 26 heavy (non-hydrogen) atoms. The third kappa shape index (κ3) is 3.09. The maximum Gasteiger partial charge on any atom is 0.278 e. The van der Waals surface area contributed by atoms with Crippen LogP contribution >= 0.6 is 11.3 Å². The van der Waals surface area contributed by atoms with Gasteiger partial charge in [-0.3, -0.25) is 14.5 Å². The van der Waals surface area contributed by atoms with Crippen molar-refractivity contribution in [1.82, 2.24) is 4.90 Å². The van der Waals surface area contributed by atoms with Crippen molar-refractivity contribution in [3.05, 3.63) is 58.9 Å². The van der Waals surface area contributed by atoms with E-state index in [1.807, 2.05) is 17.5 Å². The van der Waals surface area contributed by atoms with Crippen LogP contribution in [0.5, 0.6) is 11.5 Å². The summed E-state index contributed by atoms with van der Waals surface area (Å²) >= 11 is 1.40. The van der Waals surface area contributed by atoms with Crippen LogP contribution in [0.2, 0.25) is 0 Å². The summed E-state index contributed by atoms with van der Waals surface area (Å²) in [6.07, 6.45) is 1.52. The summed E-state index contributed by atoms with van der Waals surface area (Å²) in [5.41, 5.74) is 1.10. The first-order chi connectivity index (χ1) is 12.6. The number of carbonyl (C=O) groups is 2. The van der Waals surface area contributed by atoms with Gasteiger partial charge in [0.05, 0.1) is 25.5 Å². The van der Waals surface area contributed by atoms with Gasteiger partial charge in [-0.2, -0.15) is 0 Å². The Kier molecular flexibility index (Phi) is 5.09. The number of nitrogens with zero attached hydrogens (tertiary/aromatic N) is 1. The van der Waals surface area contributed by atoms with E-state index >= 15 is 0 Å². The summed E-state index contributed by atoms with van der Waals surface area (Å²) in [5.74, 6) is 0.391. The normalized spacial score (nSPS) is 14.0. The molecule has 1 aromatic carbocycles. The van der Waals surface area contributed by atoms with Crippen molar-refractivity contribution in [2.24, 2.45) is 0 Å². The van der Waals surface area contributed by atoms with E-state index in [1.165, 1.54) is 24.5 Å². The first-order valence-electron chi connectivity index (χ1n) is 7.85. The number of anilines is 1. The Balaban J connectivity index is 2.09. The highest BCUT2D eigenvalue weighted by atomic mass is 32.1. The fourth-order valence-electron chi connectivity index (χ4n) is 2.68. The van der Waals surface area contributed by atoms with Crippen molar-refractivity contribution in [3.8, 4) is 11.5 Å². The smallest absolute Gasteiger partial charge is 0.278 e. The minimum atomic E-state index is -0.400. The van der Waals surface area contributed by atoms with Crippen LogP contribution in [0.1, 0.15) is 4.88 Å². The molecule has 0 bridgehead atoms. The number of rotatable bonds is 7. The Hall–Kier alpha value is -3.06. The number of methoxy groups -OCH3 is 2. The molecule has 2 aromatic rings. The fourth-order valence-corrected chi connectivity index (χ4v) is 3.45. The predicted octanol–water partition coefficient (Wildman–Crippen LogP) is 3.14. The van der Waals surface area contributed by atoms with Crippen LogP contribution in [0.15, 0.2) is 54.1 Å². The second-order valence-electron chi connectivity index (χ2n) is 5.43. The van der Waals surface area contributed by atoms with E-state index < -0.39 is 5.91 Å². The molecule has 1 aliphatic heterocycles. The molecule has 6 nitrogen and oxygen atoms in total. The summed E-state index contributed by atoms with van der Waals surface area (Å²) in [5, 5.41) is 4.94. The Morgan fingerprint density at radius 1 is 1.19 bits per heavy atom. The predicted molar refractivity (Wildman–Crippen MR) is 101 cm³/mol. The molecule has 1 N–H and O–H groups in total. The number of thiophene rings is 1. The third-order valence-electron chi connectivity index (χ3n) is 3.91. The first kappa shape index (κ1) is 17.8. The summed E-state index contributed by atoms with van der Waals surface area (Å²) in [6, 6.07) is 8.85. The number of amides is 2. The van der Waals surface area contributed by atoms with Gasteiger partial charge in [0.15, 0.2) is 0 Å². The fraction of sp³-hybridized carbons (Fsp3) is 0.158. The molecule has 1 aliphatic rings. The minimum absolute atomic E-state index is 0.146. The van der Waals surface area contributed by atoms with Gasteiger partial charge in [-0.1, -0.05) is 12.1 Å². The number of hydrogen-bond acceptors (Lipinski definition) is 6. The molecule has 3 rings (SSSR count). The average molecular weight is 370 g/mol. The van der Waals surface area contributed by atoms with E-state index in [0.717, 1.165) is 9.78 Å². The quantitative estimate of drug-likeness (QED) is 0.599. The lowest BCUT2D eigenvalue weighted by Crippen LogP contribution is -2.32. The summed E-state index contributed by atoms with van der Waals surface area (Å²) in [4.78, 5) is 27.5. The molecule has 0 unspecified atom stereocenters. The standard InChI is InChI=1S/C19H18N2O4S/c1-4-9-21-18(22)16(15-6-5-10-26-15)17(19(21)23)20-13-11-12(24-2)7-8-14(13)25-3/h4-8,10-11,20H,1,9H2,2-3H3. The molecule has 0 saturated carbocycles. The molecular weight excluding hydrogens is 352 g/mol. The number of ether oxygens (including phenoxy) is 2. The lowest BCUT2D eigenvalue weighted by molar-refractivity contribution is -0.136. The van der Waals surface area contributed by atoms with Gasteiger partial charge in [-0.25, -0.2) is 0 Å². The molecule has 0 radical (unpaired) electrons. The van der Waals surface area contributed by atoms with Crippen LogP contribution in [-0.4, -0.2) is 37.5 Å². The molecule has 2 amide bonds. The van der Waals surface area contributed by atoms with Gasteiger partial charge < -0.3 is 14.8 Å². The summed E-state index contributed by atoms with van der Waals surface area (Å²) in [6.45, 7) is 3.77. The molecule has 1 aromatic heterocycles. The van der Waals surface area contributed by atoms with Crippen molar-refractivity contribution in [2.45, 2.75) is 0 Å². The topological polar surface area (TPSA) is 67.9 Å². The molecular formula is C19H18N2O4S. The number of hydrogen-bond donors (Lipinski definition) is 1. The van der Waals surface area contributed by atoms with Crippen LogP contribution in [0.3, 0.4) is 0 Å². The van der Waals surface area contributed by atoms with Gasteiger partial charge in [0.25, 0.3) is 11.8 Å². The van der Waals surface area contributed by atoms with Gasteiger partial charge in [0, 0.05) is 17.5 Å². The zero-order valence-electron chi connectivity index (χ0n) is 14.4. The zero-order chi connectivity index (χ0) is 18.7. The van der Waals surface area contributed by atoms with Gasteiger partial charge >= 0.3 is 0 Å². The Morgan fingerprint density at radius 2 is 2.00 bits per heavy atom. The van der Waals surface area contributed by atoms with Crippen molar-refractivity contribution in [2.75, 3.05) is 26.1 Å². The Bertz CT molecular complexity index is 887. The summed E-state index contributed by atoms with van der Waals surface area (Å²) < 4.78 is 10.6. The van der Waals surface area contributed by atoms with Gasteiger partial charge in [-0.05, 0) is 23.6 Å². The number of carbonyl (C=O) groups excluding carboxylic acids is 2. The molecule has 0 spiro atoms. The van der Waals surface area contributed by atoms with Crippen LogP contribution < -0.4 is 14.8 Å². The molecule has 134 valence electrons. The van der Waals surface area contributed by atoms with E-state index in [0.29, 0.717) is 22.8 Å². The number of nitrogens with one attached hydrogen (secondary N) is 1. The molecule has 0 saturated heterocycles. The second-order valence-corrected chi connectivity index (χ2v) is 6.38. The Labute approximate surface area is 155 Å². The average Bonchev–Trinajstić information content (AvgIpc) is 3.25. The van der Waals surface area contributed by atoms with Crippen molar-refractivity contribution >= 4 is 34.4 Å². The zero-order valence-corrected chi connectivity index (χ0v) is 15.3. The molecule has 7 heteroatoms. The van der Waals surface area contributed by atoms with Gasteiger partial charge in [0.1, 0.15) is 17.2 Å². The van der Waals surface area contributed by atoms with E-state index in [2.05, 4.69) is 11.9 Å². The van der Waals surface area contributed by atoms with Crippen molar-refractivity contribution < 1.29 is 19.1 Å². The van der Waals surface area contributed by atoms with Crippen LogP contribution in [0.25, 0.3) is 5.57 Å². The van der Waals surface area contributed by atoms with Gasteiger partial charge in [-0.15, -0.1) is 17.9 Å². The van der Waals surface area contributed by atoms with E-state index in [-0.39, 0.29) is 18.1 Å². The largest absolute Gasteiger partial charge is 0.497 e. The van der Waals surface area contributed by atoms with Gasteiger partial charge in [0.2, 0.25) is 0 Å². The van der Waals surface area contributed by atoms with E-state index in [4.69, 9.17) is 9.47 Å². The highest BCUT2D eigenvalue weighted by Gasteiger charge is 2.39. The Morgan fingerprint density at radius 3 is 2.62 bits per heavy atom. The summed E-state index contributed by atoms with van der Waals surface area (Å²) in [7, 11) is 3.09. The van der Waals surface area contributed by atoms with Crippen LogP contribution in [-0.2, 0) is 9.59 Å².